The van der Waals surface area contributed by atoms with Crippen LogP contribution in [0.2, 0.25) is 0 Å². The Bertz CT molecular complexity index is 724. The summed E-state index contributed by atoms with van der Waals surface area (Å²) in [6.07, 6.45) is 2.12. The second-order valence-electron chi connectivity index (χ2n) is 4.79. The van der Waals surface area contributed by atoms with Gasteiger partial charge in [-0.05, 0) is 36.2 Å². The molecule has 0 fully saturated rings. The number of carbonyl (C=O) groups excluding carboxylic acids is 1. The maximum Gasteiger partial charge on any atom is 0.253 e. The average Bonchev–Trinajstić information content (AvgIpc) is 2.48. The highest BCUT2D eigenvalue weighted by Crippen LogP contribution is 2.36. The van der Waals surface area contributed by atoms with Crippen LogP contribution in [-0.4, -0.2) is 16.6 Å². The molecule has 2 N–H and O–H groups in total. The number of rotatable bonds is 2. The standard InChI is InChI=1S/C15H13FN2O2S/c16-10-2-3-13-11(7-10)12(5-6-21-13)18-15(20)9-1-4-14(19)17-8-9/h1-4,7-8,12H,5-6H2,(H,17,19)(H,18,20)/t12-/m0/s1. The van der Waals surface area contributed by atoms with Crippen LogP contribution in [0, 0.1) is 5.82 Å². The van der Waals surface area contributed by atoms with Crippen LogP contribution in [0.5, 0.6) is 0 Å². The normalized spacial score (nSPS) is 17.1. The fourth-order valence-electron chi connectivity index (χ4n) is 2.31. The van der Waals surface area contributed by atoms with E-state index in [0.717, 1.165) is 22.6 Å². The summed E-state index contributed by atoms with van der Waals surface area (Å²) < 4.78 is 13.4. The number of halogens is 1. The van der Waals surface area contributed by atoms with Crippen LogP contribution in [0.3, 0.4) is 0 Å². The number of hydrogen-bond donors (Lipinski definition) is 2. The highest BCUT2D eigenvalue weighted by molar-refractivity contribution is 7.99. The van der Waals surface area contributed by atoms with E-state index in [1.54, 1.807) is 17.8 Å². The number of benzene rings is 1. The first kappa shape index (κ1) is 13.9. The van der Waals surface area contributed by atoms with E-state index in [-0.39, 0.29) is 23.3 Å². The summed E-state index contributed by atoms with van der Waals surface area (Å²) in [5.74, 6) is 0.285. The molecule has 0 radical (unpaired) electrons. The number of carbonyl (C=O) groups is 1. The first-order valence-electron chi connectivity index (χ1n) is 6.55. The molecule has 3 rings (SSSR count). The number of thioether (sulfide) groups is 1. The van der Waals surface area contributed by atoms with E-state index in [1.807, 2.05) is 0 Å². The second-order valence-corrected chi connectivity index (χ2v) is 5.92. The molecule has 0 saturated carbocycles. The quantitative estimate of drug-likeness (QED) is 0.896. The van der Waals surface area contributed by atoms with Gasteiger partial charge in [0.1, 0.15) is 5.82 Å². The Morgan fingerprint density at radius 1 is 1.33 bits per heavy atom. The van der Waals surface area contributed by atoms with E-state index in [2.05, 4.69) is 10.3 Å². The van der Waals surface area contributed by atoms with Gasteiger partial charge in [0.15, 0.2) is 0 Å². The van der Waals surface area contributed by atoms with Gasteiger partial charge >= 0.3 is 0 Å². The van der Waals surface area contributed by atoms with Crippen LogP contribution in [-0.2, 0) is 0 Å². The first-order chi connectivity index (χ1) is 10.1. The molecule has 2 heterocycles. The van der Waals surface area contributed by atoms with Gasteiger partial charge < -0.3 is 10.3 Å². The second kappa shape index (κ2) is 5.73. The van der Waals surface area contributed by atoms with Gasteiger partial charge in [-0.25, -0.2) is 4.39 Å². The SMILES string of the molecule is O=C(N[C@H]1CCSc2ccc(F)cc21)c1ccc(=O)[nH]c1. The monoisotopic (exact) mass is 304 g/mol. The van der Waals surface area contributed by atoms with E-state index >= 15 is 0 Å². The summed E-state index contributed by atoms with van der Waals surface area (Å²) in [7, 11) is 0. The van der Waals surface area contributed by atoms with Crippen molar-refractivity contribution in [1.82, 2.24) is 10.3 Å². The Morgan fingerprint density at radius 3 is 2.95 bits per heavy atom. The lowest BCUT2D eigenvalue weighted by atomic mass is 10.0. The lowest BCUT2D eigenvalue weighted by molar-refractivity contribution is 0.0934. The third-order valence-corrected chi connectivity index (χ3v) is 4.49. The number of nitrogens with one attached hydrogen (secondary N) is 2. The molecule has 1 aliphatic heterocycles. The zero-order chi connectivity index (χ0) is 14.8. The molecule has 0 bridgehead atoms. The molecule has 6 heteroatoms. The summed E-state index contributed by atoms with van der Waals surface area (Å²) in [6.45, 7) is 0. The molecule has 4 nitrogen and oxygen atoms in total. The summed E-state index contributed by atoms with van der Waals surface area (Å²) >= 11 is 1.66. The minimum absolute atomic E-state index is 0.212. The maximum atomic E-state index is 13.4. The van der Waals surface area contributed by atoms with Gasteiger partial charge in [-0.3, -0.25) is 9.59 Å². The Hall–Kier alpha value is -2.08. The van der Waals surface area contributed by atoms with Crippen molar-refractivity contribution in [2.45, 2.75) is 17.4 Å². The smallest absolute Gasteiger partial charge is 0.253 e. The molecular weight excluding hydrogens is 291 g/mol. The van der Waals surface area contributed by atoms with Gasteiger partial charge in [-0.15, -0.1) is 11.8 Å². The number of hydrogen-bond acceptors (Lipinski definition) is 3. The number of H-pyrrole nitrogens is 1. The van der Waals surface area contributed by atoms with Gasteiger partial charge in [0, 0.05) is 22.9 Å². The molecule has 0 spiro atoms. The van der Waals surface area contributed by atoms with Crippen LogP contribution in [0.4, 0.5) is 4.39 Å². The van der Waals surface area contributed by atoms with Crippen molar-refractivity contribution >= 4 is 17.7 Å². The Morgan fingerprint density at radius 2 is 2.19 bits per heavy atom. The number of fused-ring (bicyclic) bond motifs is 1. The summed E-state index contributed by atoms with van der Waals surface area (Å²) in [4.78, 5) is 26.6. The van der Waals surface area contributed by atoms with Crippen molar-refractivity contribution < 1.29 is 9.18 Å². The molecule has 0 aliphatic carbocycles. The van der Waals surface area contributed by atoms with E-state index in [1.165, 1.54) is 30.5 Å². The van der Waals surface area contributed by atoms with Crippen LogP contribution in [0.1, 0.15) is 28.4 Å². The molecule has 1 aliphatic rings. The summed E-state index contributed by atoms with van der Waals surface area (Å²) in [6, 6.07) is 7.21. The molecular formula is C15H13FN2O2S. The van der Waals surface area contributed by atoms with E-state index in [0.29, 0.717) is 5.56 Å². The molecule has 1 aromatic carbocycles. The van der Waals surface area contributed by atoms with Crippen LogP contribution in [0.15, 0.2) is 46.2 Å². The van der Waals surface area contributed by atoms with E-state index < -0.39 is 0 Å². The Kier molecular flexibility index (Phi) is 3.79. The molecule has 2 aromatic rings. The summed E-state index contributed by atoms with van der Waals surface area (Å²) in [5.41, 5.74) is 0.933. The van der Waals surface area contributed by atoms with Crippen LogP contribution >= 0.6 is 11.8 Å². The van der Waals surface area contributed by atoms with Crippen molar-refractivity contribution in [3.8, 4) is 0 Å². The molecule has 1 atom stereocenters. The lowest BCUT2D eigenvalue weighted by Crippen LogP contribution is -2.31. The number of aromatic amines is 1. The first-order valence-corrected chi connectivity index (χ1v) is 7.54. The highest BCUT2D eigenvalue weighted by Gasteiger charge is 2.23. The fraction of sp³-hybridized carbons (Fsp3) is 0.200. The summed E-state index contributed by atoms with van der Waals surface area (Å²) in [5, 5.41) is 2.90. The predicted molar refractivity (Wildman–Crippen MR) is 79.0 cm³/mol. The zero-order valence-corrected chi connectivity index (χ0v) is 11.9. The average molecular weight is 304 g/mol. The van der Waals surface area contributed by atoms with Crippen molar-refractivity contribution in [3.05, 3.63) is 63.8 Å². The zero-order valence-electron chi connectivity index (χ0n) is 11.1. The van der Waals surface area contributed by atoms with Crippen molar-refractivity contribution in [2.75, 3.05) is 5.75 Å². The minimum Gasteiger partial charge on any atom is -0.345 e. The molecule has 1 aromatic heterocycles. The third-order valence-electron chi connectivity index (χ3n) is 3.36. The predicted octanol–water partition coefficient (Wildman–Crippen LogP) is 2.48. The van der Waals surface area contributed by atoms with Crippen molar-refractivity contribution in [3.63, 3.8) is 0 Å². The van der Waals surface area contributed by atoms with Gasteiger partial charge in [0.25, 0.3) is 5.91 Å². The van der Waals surface area contributed by atoms with E-state index in [4.69, 9.17) is 0 Å². The fourth-order valence-corrected chi connectivity index (χ4v) is 3.41. The molecule has 1 amide bonds. The van der Waals surface area contributed by atoms with E-state index in [9.17, 15) is 14.0 Å². The molecule has 0 unspecified atom stereocenters. The lowest BCUT2D eigenvalue weighted by Gasteiger charge is -2.26. The van der Waals surface area contributed by atoms with Gasteiger partial charge in [0.2, 0.25) is 5.56 Å². The van der Waals surface area contributed by atoms with Crippen molar-refractivity contribution in [2.24, 2.45) is 0 Å². The van der Waals surface area contributed by atoms with Gasteiger partial charge in [-0.1, -0.05) is 0 Å². The number of pyridine rings is 1. The van der Waals surface area contributed by atoms with Crippen molar-refractivity contribution in [1.29, 1.82) is 0 Å². The molecule has 0 saturated heterocycles. The molecule has 108 valence electrons. The molecule has 21 heavy (non-hydrogen) atoms. The topological polar surface area (TPSA) is 62.0 Å². The largest absolute Gasteiger partial charge is 0.345 e. The van der Waals surface area contributed by atoms with Crippen LogP contribution < -0.4 is 10.9 Å². The number of amides is 1. The Balaban J connectivity index is 1.83. The van der Waals surface area contributed by atoms with Gasteiger partial charge in [0.05, 0.1) is 11.6 Å². The minimum atomic E-state index is -0.306. The highest BCUT2D eigenvalue weighted by atomic mass is 32.2. The van der Waals surface area contributed by atoms with Gasteiger partial charge in [-0.2, -0.15) is 0 Å². The maximum absolute atomic E-state index is 13.4. The third kappa shape index (κ3) is 3.00. The number of aromatic nitrogens is 1. The van der Waals surface area contributed by atoms with Crippen LogP contribution in [0.25, 0.3) is 0 Å². The Labute approximate surface area is 124 Å².